The van der Waals surface area contributed by atoms with Crippen LogP contribution in [0.25, 0.3) is 6.08 Å². The minimum atomic E-state index is -1.26. The van der Waals surface area contributed by atoms with E-state index in [2.05, 4.69) is 20.8 Å². The van der Waals surface area contributed by atoms with Gasteiger partial charge in [0, 0.05) is 29.7 Å². The molecule has 0 atom stereocenters. The second-order valence-electron chi connectivity index (χ2n) is 4.96. The van der Waals surface area contributed by atoms with Crippen molar-refractivity contribution in [3.8, 4) is 11.8 Å². The van der Waals surface area contributed by atoms with Gasteiger partial charge in [-0.15, -0.1) is 0 Å². The topological polar surface area (TPSA) is 82.8 Å². The summed E-state index contributed by atoms with van der Waals surface area (Å²) in [5.74, 6) is -0.706. The lowest BCUT2D eigenvalue weighted by molar-refractivity contribution is -0.132. The van der Waals surface area contributed by atoms with Crippen LogP contribution < -0.4 is 4.74 Å². The number of halogens is 1. The Morgan fingerprint density at radius 3 is 2.87 bits per heavy atom. The Kier molecular flexibility index (Phi) is 6.59. The number of ether oxygens (including phenoxy) is 2. The van der Waals surface area contributed by atoms with E-state index in [1.807, 2.05) is 6.07 Å². The number of hydrogen-bond donors (Lipinski definition) is 1. The molecule has 122 valence electrons. The first-order valence-electron chi connectivity index (χ1n) is 7.17. The Hall–Kier alpha value is -1.88. The molecule has 1 aliphatic rings. The zero-order valence-corrected chi connectivity index (χ0v) is 14.1. The number of carboxylic acid groups (broad SMARTS) is 1. The minimum absolute atomic E-state index is 0.332. The number of hydrogen-bond acceptors (Lipinski definition) is 5. The molecule has 0 saturated carbocycles. The van der Waals surface area contributed by atoms with Crippen molar-refractivity contribution in [1.29, 1.82) is 5.26 Å². The van der Waals surface area contributed by atoms with Gasteiger partial charge in [0.1, 0.15) is 24.0 Å². The highest BCUT2D eigenvalue weighted by Gasteiger charge is 2.12. The van der Waals surface area contributed by atoms with Gasteiger partial charge in [0.15, 0.2) is 0 Å². The van der Waals surface area contributed by atoms with Crippen LogP contribution in [0.2, 0.25) is 0 Å². The number of carboxylic acids is 1. The number of aliphatic carboxylic acids is 1. The summed E-state index contributed by atoms with van der Waals surface area (Å²) in [7, 11) is 0. The van der Waals surface area contributed by atoms with Crippen molar-refractivity contribution in [2.24, 2.45) is 0 Å². The standard InChI is InChI=1S/C16H17BrN2O4/c17-14-1-2-15(12(10-14)9-13(11-18)16(20)21)23-8-5-19-3-6-22-7-4-19/h1-2,9-10H,3-8H2,(H,20,21). The van der Waals surface area contributed by atoms with E-state index < -0.39 is 5.97 Å². The fraction of sp³-hybridized carbons (Fsp3) is 0.375. The predicted molar refractivity (Wildman–Crippen MR) is 88.1 cm³/mol. The van der Waals surface area contributed by atoms with Gasteiger partial charge in [-0.3, -0.25) is 4.90 Å². The average Bonchev–Trinajstić information content (AvgIpc) is 2.55. The summed E-state index contributed by atoms with van der Waals surface area (Å²) in [6.45, 7) is 4.49. The summed E-state index contributed by atoms with van der Waals surface area (Å²) in [6.07, 6.45) is 1.32. The van der Waals surface area contributed by atoms with Crippen molar-refractivity contribution >= 4 is 28.0 Å². The second-order valence-corrected chi connectivity index (χ2v) is 5.88. The first-order valence-corrected chi connectivity index (χ1v) is 7.97. The lowest BCUT2D eigenvalue weighted by atomic mass is 10.1. The van der Waals surface area contributed by atoms with Gasteiger partial charge >= 0.3 is 5.97 Å². The van der Waals surface area contributed by atoms with Gasteiger partial charge in [-0.2, -0.15) is 5.26 Å². The zero-order valence-electron chi connectivity index (χ0n) is 12.5. The highest BCUT2D eigenvalue weighted by Crippen LogP contribution is 2.25. The summed E-state index contributed by atoms with van der Waals surface area (Å²) in [6, 6.07) is 6.97. The second kappa shape index (κ2) is 8.67. The van der Waals surface area contributed by atoms with Gasteiger partial charge in [-0.25, -0.2) is 4.79 Å². The Morgan fingerprint density at radius 2 is 2.22 bits per heavy atom. The SMILES string of the molecule is N#CC(=Cc1cc(Br)ccc1OCCN1CCOCC1)C(=O)O. The Labute approximate surface area is 143 Å². The molecule has 0 amide bonds. The van der Waals surface area contributed by atoms with E-state index in [1.165, 1.54) is 6.08 Å². The van der Waals surface area contributed by atoms with Gasteiger partial charge in [0.05, 0.1) is 13.2 Å². The number of nitriles is 1. The average molecular weight is 381 g/mol. The van der Waals surface area contributed by atoms with E-state index >= 15 is 0 Å². The number of morpholine rings is 1. The van der Waals surface area contributed by atoms with Crippen LogP contribution in [-0.4, -0.2) is 55.4 Å². The van der Waals surface area contributed by atoms with E-state index in [4.69, 9.17) is 19.8 Å². The van der Waals surface area contributed by atoms with E-state index in [1.54, 1.807) is 18.2 Å². The van der Waals surface area contributed by atoms with E-state index in [0.29, 0.717) is 17.9 Å². The highest BCUT2D eigenvalue weighted by atomic mass is 79.9. The molecule has 1 fully saturated rings. The summed E-state index contributed by atoms with van der Waals surface area (Å²) in [4.78, 5) is 13.2. The van der Waals surface area contributed by atoms with Gasteiger partial charge in [-0.1, -0.05) is 15.9 Å². The lowest BCUT2D eigenvalue weighted by Crippen LogP contribution is -2.38. The molecular weight excluding hydrogens is 364 g/mol. The van der Waals surface area contributed by atoms with Crippen molar-refractivity contribution in [2.45, 2.75) is 0 Å². The molecule has 1 heterocycles. The molecule has 1 aliphatic heterocycles. The number of rotatable bonds is 6. The van der Waals surface area contributed by atoms with Gasteiger partial charge in [0.25, 0.3) is 0 Å². The summed E-state index contributed by atoms with van der Waals surface area (Å²) in [5, 5.41) is 17.9. The first kappa shape index (κ1) is 17.5. The molecule has 0 aromatic heterocycles. The molecule has 0 spiro atoms. The zero-order chi connectivity index (χ0) is 16.7. The van der Waals surface area contributed by atoms with Gasteiger partial charge < -0.3 is 14.6 Å². The van der Waals surface area contributed by atoms with E-state index in [9.17, 15) is 4.79 Å². The quantitative estimate of drug-likeness (QED) is 0.601. The third-order valence-electron chi connectivity index (χ3n) is 3.39. The molecule has 6 nitrogen and oxygen atoms in total. The van der Waals surface area contributed by atoms with Crippen molar-refractivity contribution < 1.29 is 19.4 Å². The number of carbonyl (C=O) groups is 1. The normalized spacial score (nSPS) is 15.9. The third-order valence-corrected chi connectivity index (χ3v) is 3.88. The fourth-order valence-electron chi connectivity index (χ4n) is 2.17. The maximum Gasteiger partial charge on any atom is 0.346 e. The van der Waals surface area contributed by atoms with Crippen molar-refractivity contribution in [3.05, 3.63) is 33.8 Å². The minimum Gasteiger partial charge on any atom is -0.492 e. The molecule has 1 saturated heterocycles. The van der Waals surface area contributed by atoms with E-state index in [0.717, 1.165) is 37.3 Å². The molecule has 23 heavy (non-hydrogen) atoms. The van der Waals surface area contributed by atoms with Crippen LogP contribution in [-0.2, 0) is 9.53 Å². The van der Waals surface area contributed by atoms with Crippen LogP contribution in [0.15, 0.2) is 28.2 Å². The van der Waals surface area contributed by atoms with Crippen LogP contribution in [0, 0.1) is 11.3 Å². The maximum atomic E-state index is 11.0. The van der Waals surface area contributed by atoms with Crippen molar-refractivity contribution in [1.82, 2.24) is 4.90 Å². The van der Waals surface area contributed by atoms with Gasteiger partial charge in [0.2, 0.25) is 0 Å². The molecular formula is C16H17BrN2O4. The van der Waals surface area contributed by atoms with Crippen molar-refractivity contribution in [2.75, 3.05) is 39.5 Å². The monoisotopic (exact) mass is 380 g/mol. The molecule has 2 rings (SSSR count). The molecule has 0 radical (unpaired) electrons. The summed E-state index contributed by atoms with van der Waals surface area (Å²) >= 11 is 3.34. The Balaban J connectivity index is 2.06. The summed E-state index contributed by atoms with van der Waals surface area (Å²) < 4.78 is 11.8. The van der Waals surface area contributed by atoms with Crippen LogP contribution in [0.1, 0.15) is 5.56 Å². The fourth-order valence-corrected chi connectivity index (χ4v) is 2.55. The molecule has 0 aliphatic carbocycles. The lowest BCUT2D eigenvalue weighted by Gasteiger charge is -2.26. The molecule has 0 bridgehead atoms. The van der Waals surface area contributed by atoms with Gasteiger partial charge in [-0.05, 0) is 24.3 Å². The Morgan fingerprint density at radius 1 is 1.48 bits per heavy atom. The highest BCUT2D eigenvalue weighted by molar-refractivity contribution is 9.10. The molecule has 1 N–H and O–H groups in total. The third kappa shape index (κ3) is 5.36. The van der Waals surface area contributed by atoms with Crippen molar-refractivity contribution in [3.63, 3.8) is 0 Å². The van der Waals surface area contributed by atoms with E-state index in [-0.39, 0.29) is 5.57 Å². The van der Waals surface area contributed by atoms with Crippen LogP contribution in [0.4, 0.5) is 0 Å². The maximum absolute atomic E-state index is 11.0. The van der Waals surface area contributed by atoms with Crippen LogP contribution in [0.3, 0.4) is 0 Å². The smallest absolute Gasteiger partial charge is 0.346 e. The number of nitrogens with zero attached hydrogens (tertiary/aromatic N) is 2. The number of benzene rings is 1. The Bertz CT molecular complexity index is 633. The first-order chi connectivity index (χ1) is 11.1. The molecule has 0 unspecified atom stereocenters. The molecule has 1 aromatic rings. The van der Waals surface area contributed by atoms with Crippen LogP contribution >= 0.6 is 15.9 Å². The molecule has 7 heteroatoms. The van der Waals surface area contributed by atoms with Crippen LogP contribution in [0.5, 0.6) is 5.75 Å². The predicted octanol–water partition coefficient (Wildman–Crippen LogP) is 2.15. The molecule has 1 aromatic carbocycles. The largest absolute Gasteiger partial charge is 0.492 e. The summed E-state index contributed by atoms with van der Waals surface area (Å²) in [5.41, 5.74) is 0.224.